The molecule has 1 aromatic rings. The monoisotopic (exact) mass is 275 g/mol. The zero-order chi connectivity index (χ0) is 9.97. The van der Waals surface area contributed by atoms with Crippen molar-refractivity contribution in [2.45, 2.75) is 19.4 Å². The largest absolute Gasteiger partial charge is 0.343 e. The number of anilines is 1. The molecule has 0 amide bonds. The van der Waals surface area contributed by atoms with Crippen molar-refractivity contribution in [1.29, 1.82) is 0 Å². The van der Waals surface area contributed by atoms with E-state index in [9.17, 15) is 0 Å². The third-order valence-corrected chi connectivity index (χ3v) is 3.96. The minimum atomic E-state index is 0.646. The first kappa shape index (κ1) is 10.4. The summed E-state index contributed by atoms with van der Waals surface area (Å²) in [4.78, 5) is 6.87. The molecule has 0 atom stereocenters. The van der Waals surface area contributed by atoms with Gasteiger partial charge in [0.05, 0.1) is 6.04 Å². The van der Waals surface area contributed by atoms with E-state index in [1.165, 1.54) is 6.42 Å². The summed E-state index contributed by atoms with van der Waals surface area (Å²) in [5.74, 6) is 0. The Morgan fingerprint density at radius 2 is 2.50 bits per heavy atom. The van der Waals surface area contributed by atoms with Crippen LogP contribution in [0.25, 0.3) is 0 Å². The molecule has 1 aliphatic rings. The minimum Gasteiger partial charge on any atom is -0.343 e. The Bertz CT molecular complexity index is 298. The molecule has 1 N–H and O–H groups in total. The second kappa shape index (κ2) is 4.59. The standard InChI is InChI=1S/C9H14BrN3S/c1-2-3-13(7-4-11-5-7)9-12-8(10)6-14-9/h6-7,11H,2-5H2,1H3. The molecule has 0 aliphatic carbocycles. The fraction of sp³-hybridized carbons (Fsp3) is 0.667. The van der Waals surface area contributed by atoms with Crippen molar-refractivity contribution in [2.24, 2.45) is 0 Å². The third kappa shape index (κ3) is 2.10. The smallest absolute Gasteiger partial charge is 0.186 e. The van der Waals surface area contributed by atoms with E-state index in [1.807, 2.05) is 5.38 Å². The van der Waals surface area contributed by atoms with Crippen LogP contribution in [-0.4, -0.2) is 30.7 Å². The number of aromatic nitrogens is 1. The lowest BCUT2D eigenvalue weighted by molar-refractivity contribution is 0.412. The number of nitrogens with one attached hydrogen (secondary N) is 1. The highest BCUT2D eigenvalue weighted by Crippen LogP contribution is 2.26. The number of rotatable bonds is 4. The average molecular weight is 276 g/mol. The summed E-state index contributed by atoms with van der Waals surface area (Å²) in [7, 11) is 0. The van der Waals surface area contributed by atoms with Gasteiger partial charge in [0, 0.05) is 25.0 Å². The molecule has 1 fully saturated rings. The Morgan fingerprint density at radius 3 is 2.93 bits per heavy atom. The van der Waals surface area contributed by atoms with Gasteiger partial charge in [-0.15, -0.1) is 11.3 Å². The molecule has 0 radical (unpaired) electrons. The summed E-state index contributed by atoms with van der Waals surface area (Å²) < 4.78 is 0.950. The molecular weight excluding hydrogens is 262 g/mol. The summed E-state index contributed by atoms with van der Waals surface area (Å²) in [6.45, 7) is 5.50. The molecule has 14 heavy (non-hydrogen) atoms. The topological polar surface area (TPSA) is 28.2 Å². The Morgan fingerprint density at radius 1 is 1.71 bits per heavy atom. The molecule has 5 heteroatoms. The Kier molecular flexibility index (Phi) is 3.41. The van der Waals surface area contributed by atoms with Crippen LogP contribution in [0, 0.1) is 0 Å². The molecule has 3 nitrogen and oxygen atoms in total. The Hall–Kier alpha value is -0.130. The predicted molar refractivity (Wildman–Crippen MR) is 64.1 cm³/mol. The fourth-order valence-electron chi connectivity index (χ4n) is 1.55. The minimum absolute atomic E-state index is 0.646. The molecule has 1 saturated heterocycles. The maximum atomic E-state index is 4.47. The third-order valence-electron chi connectivity index (χ3n) is 2.37. The van der Waals surface area contributed by atoms with Crippen LogP contribution in [0.4, 0.5) is 5.13 Å². The van der Waals surface area contributed by atoms with Crippen molar-refractivity contribution in [3.63, 3.8) is 0 Å². The molecule has 0 spiro atoms. The van der Waals surface area contributed by atoms with Crippen LogP contribution in [0.5, 0.6) is 0 Å². The highest BCUT2D eigenvalue weighted by atomic mass is 79.9. The van der Waals surface area contributed by atoms with E-state index in [0.29, 0.717) is 6.04 Å². The van der Waals surface area contributed by atoms with Crippen molar-refractivity contribution in [3.05, 3.63) is 9.98 Å². The van der Waals surface area contributed by atoms with Crippen molar-refractivity contribution in [3.8, 4) is 0 Å². The van der Waals surface area contributed by atoms with Crippen molar-refractivity contribution in [2.75, 3.05) is 24.5 Å². The molecule has 0 bridgehead atoms. The summed E-state index contributed by atoms with van der Waals surface area (Å²) in [6.07, 6.45) is 1.17. The van der Waals surface area contributed by atoms with E-state index in [-0.39, 0.29) is 0 Å². The highest BCUT2D eigenvalue weighted by molar-refractivity contribution is 9.10. The van der Waals surface area contributed by atoms with Gasteiger partial charge < -0.3 is 10.2 Å². The molecule has 0 saturated carbocycles. The van der Waals surface area contributed by atoms with E-state index in [2.05, 4.69) is 38.1 Å². The summed E-state index contributed by atoms with van der Waals surface area (Å²) >= 11 is 5.11. The van der Waals surface area contributed by atoms with E-state index in [1.54, 1.807) is 11.3 Å². The van der Waals surface area contributed by atoms with Gasteiger partial charge in [-0.1, -0.05) is 6.92 Å². The Labute approximate surface area is 96.7 Å². The molecule has 2 rings (SSSR count). The summed E-state index contributed by atoms with van der Waals surface area (Å²) in [6, 6.07) is 0.646. The maximum absolute atomic E-state index is 4.47. The van der Waals surface area contributed by atoms with E-state index in [0.717, 1.165) is 29.4 Å². The van der Waals surface area contributed by atoms with Gasteiger partial charge in [-0.05, 0) is 22.4 Å². The van der Waals surface area contributed by atoms with Gasteiger partial charge in [0.1, 0.15) is 4.60 Å². The lowest BCUT2D eigenvalue weighted by atomic mass is 10.1. The van der Waals surface area contributed by atoms with Gasteiger partial charge in [-0.25, -0.2) is 4.98 Å². The average Bonchev–Trinajstić information content (AvgIpc) is 2.48. The molecular formula is C9H14BrN3S. The first-order chi connectivity index (χ1) is 6.81. The molecule has 0 unspecified atom stereocenters. The molecule has 0 aromatic carbocycles. The predicted octanol–water partition coefficient (Wildman–Crippen LogP) is 2.09. The number of hydrogen-bond acceptors (Lipinski definition) is 4. The number of halogens is 1. The van der Waals surface area contributed by atoms with Crippen LogP contribution < -0.4 is 10.2 Å². The lowest BCUT2D eigenvalue weighted by Crippen LogP contribution is -2.57. The van der Waals surface area contributed by atoms with Gasteiger partial charge in [0.2, 0.25) is 0 Å². The van der Waals surface area contributed by atoms with Gasteiger partial charge in [-0.3, -0.25) is 0 Å². The van der Waals surface area contributed by atoms with Crippen LogP contribution in [-0.2, 0) is 0 Å². The van der Waals surface area contributed by atoms with Crippen molar-refractivity contribution in [1.82, 2.24) is 10.3 Å². The second-order valence-electron chi connectivity index (χ2n) is 3.46. The maximum Gasteiger partial charge on any atom is 0.186 e. The number of hydrogen-bond donors (Lipinski definition) is 1. The zero-order valence-electron chi connectivity index (χ0n) is 8.16. The van der Waals surface area contributed by atoms with Gasteiger partial charge in [-0.2, -0.15) is 0 Å². The molecule has 1 aromatic heterocycles. The highest BCUT2D eigenvalue weighted by Gasteiger charge is 2.25. The van der Waals surface area contributed by atoms with E-state index < -0.39 is 0 Å². The second-order valence-corrected chi connectivity index (χ2v) is 5.11. The van der Waals surface area contributed by atoms with Crippen LogP contribution in [0.15, 0.2) is 9.98 Å². The molecule has 1 aliphatic heterocycles. The zero-order valence-corrected chi connectivity index (χ0v) is 10.6. The first-order valence-corrected chi connectivity index (χ1v) is 6.57. The fourth-order valence-corrected chi connectivity index (χ4v) is 2.89. The number of thiazole rings is 1. The SMILES string of the molecule is CCCN(c1nc(Br)cs1)C1CNC1. The van der Waals surface area contributed by atoms with Gasteiger partial charge in [0.15, 0.2) is 5.13 Å². The van der Waals surface area contributed by atoms with Gasteiger partial charge >= 0.3 is 0 Å². The summed E-state index contributed by atoms with van der Waals surface area (Å²) in [5.41, 5.74) is 0. The quantitative estimate of drug-likeness (QED) is 0.912. The summed E-state index contributed by atoms with van der Waals surface area (Å²) in [5, 5.41) is 6.49. The first-order valence-electron chi connectivity index (χ1n) is 4.89. The van der Waals surface area contributed by atoms with Crippen LogP contribution in [0.3, 0.4) is 0 Å². The van der Waals surface area contributed by atoms with Crippen LogP contribution in [0.2, 0.25) is 0 Å². The van der Waals surface area contributed by atoms with Gasteiger partial charge in [0.25, 0.3) is 0 Å². The molecule has 78 valence electrons. The normalized spacial score (nSPS) is 16.7. The van der Waals surface area contributed by atoms with Crippen LogP contribution >= 0.6 is 27.3 Å². The van der Waals surface area contributed by atoms with Crippen molar-refractivity contribution >= 4 is 32.4 Å². The number of nitrogens with zero attached hydrogens (tertiary/aromatic N) is 2. The van der Waals surface area contributed by atoms with Crippen molar-refractivity contribution < 1.29 is 0 Å². The lowest BCUT2D eigenvalue weighted by Gasteiger charge is -2.38. The molecule has 2 heterocycles. The Balaban J connectivity index is 2.09. The van der Waals surface area contributed by atoms with E-state index >= 15 is 0 Å². The van der Waals surface area contributed by atoms with E-state index in [4.69, 9.17) is 0 Å². The van der Waals surface area contributed by atoms with Crippen LogP contribution in [0.1, 0.15) is 13.3 Å².